The highest BCUT2D eigenvalue weighted by Gasteiger charge is 2.27. The van der Waals surface area contributed by atoms with E-state index in [2.05, 4.69) is 9.97 Å². The van der Waals surface area contributed by atoms with Crippen LogP contribution in [0.3, 0.4) is 0 Å². The molecule has 0 aromatic carbocycles. The Hall–Kier alpha value is -1.69. The van der Waals surface area contributed by atoms with E-state index < -0.39 is 0 Å². The summed E-state index contributed by atoms with van der Waals surface area (Å²) in [7, 11) is 1.65. The third kappa shape index (κ3) is 2.11. The number of likely N-dealkylation sites (tertiary alicyclic amines) is 1. The van der Waals surface area contributed by atoms with Gasteiger partial charge in [-0.2, -0.15) is 0 Å². The maximum atomic E-state index is 11.9. The summed E-state index contributed by atoms with van der Waals surface area (Å²) in [6, 6.07) is 0. The molecule has 2 heterocycles. The highest BCUT2D eigenvalue weighted by Crippen LogP contribution is 2.14. The summed E-state index contributed by atoms with van der Waals surface area (Å²) in [5.74, 6) is 0.194. The zero-order valence-corrected chi connectivity index (χ0v) is 9.09. The largest absolute Gasteiger partial charge is 0.382 e. The van der Waals surface area contributed by atoms with Crippen molar-refractivity contribution in [3.63, 3.8) is 0 Å². The lowest BCUT2D eigenvalue weighted by Gasteiger charge is -2.15. The molecule has 0 bridgehead atoms. The first-order valence-electron chi connectivity index (χ1n) is 5.10. The Balaban J connectivity index is 2.05. The van der Waals surface area contributed by atoms with Crippen LogP contribution in [0.4, 0.5) is 5.82 Å². The molecule has 6 heteroatoms. The van der Waals surface area contributed by atoms with E-state index in [1.165, 1.54) is 12.4 Å². The van der Waals surface area contributed by atoms with Crippen LogP contribution in [0.5, 0.6) is 0 Å². The Morgan fingerprint density at radius 1 is 1.56 bits per heavy atom. The summed E-state index contributed by atoms with van der Waals surface area (Å²) in [6.45, 7) is 1.31. The van der Waals surface area contributed by atoms with Gasteiger partial charge < -0.3 is 15.4 Å². The first kappa shape index (κ1) is 10.8. The van der Waals surface area contributed by atoms with Crippen molar-refractivity contribution < 1.29 is 9.53 Å². The molecule has 1 aliphatic heterocycles. The van der Waals surface area contributed by atoms with Crippen LogP contribution in [-0.4, -0.2) is 47.1 Å². The van der Waals surface area contributed by atoms with Gasteiger partial charge in [-0.25, -0.2) is 9.97 Å². The lowest BCUT2D eigenvalue weighted by Crippen LogP contribution is -2.30. The van der Waals surface area contributed by atoms with Crippen LogP contribution in [-0.2, 0) is 4.74 Å². The molecule has 0 aliphatic carbocycles. The Morgan fingerprint density at radius 3 is 2.94 bits per heavy atom. The van der Waals surface area contributed by atoms with E-state index in [1.54, 1.807) is 12.0 Å². The second kappa shape index (κ2) is 4.44. The van der Waals surface area contributed by atoms with Crippen LogP contribution in [0.25, 0.3) is 0 Å². The number of hydrogen-bond donors (Lipinski definition) is 1. The number of amides is 1. The SMILES string of the molecule is COC1CCN(C(=O)c2cnc(N)cn2)C1. The summed E-state index contributed by atoms with van der Waals surface area (Å²) < 4.78 is 5.20. The minimum absolute atomic E-state index is 0.118. The molecule has 1 aromatic heterocycles. The number of aromatic nitrogens is 2. The van der Waals surface area contributed by atoms with Crippen molar-refractivity contribution in [2.24, 2.45) is 0 Å². The lowest BCUT2D eigenvalue weighted by molar-refractivity contribution is 0.0718. The monoisotopic (exact) mass is 222 g/mol. The first-order chi connectivity index (χ1) is 7.70. The highest BCUT2D eigenvalue weighted by atomic mass is 16.5. The molecule has 0 saturated carbocycles. The summed E-state index contributed by atoms with van der Waals surface area (Å²) >= 11 is 0. The fraction of sp³-hybridized carbons (Fsp3) is 0.500. The van der Waals surface area contributed by atoms with Crippen LogP contribution in [0.15, 0.2) is 12.4 Å². The fourth-order valence-corrected chi connectivity index (χ4v) is 1.72. The average Bonchev–Trinajstić information content (AvgIpc) is 2.77. The smallest absolute Gasteiger partial charge is 0.274 e. The van der Waals surface area contributed by atoms with Gasteiger partial charge in [-0.3, -0.25) is 4.79 Å². The summed E-state index contributed by atoms with van der Waals surface area (Å²) in [5, 5.41) is 0. The van der Waals surface area contributed by atoms with E-state index in [4.69, 9.17) is 10.5 Å². The van der Waals surface area contributed by atoms with Gasteiger partial charge in [-0.1, -0.05) is 0 Å². The van der Waals surface area contributed by atoms with Crippen molar-refractivity contribution in [2.45, 2.75) is 12.5 Å². The lowest BCUT2D eigenvalue weighted by atomic mass is 10.3. The van der Waals surface area contributed by atoms with Gasteiger partial charge in [0.05, 0.1) is 18.5 Å². The molecule has 1 atom stereocenters. The molecule has 1 aliphatic rings. The maximum Gasteiger partial charge on any atom is 0.274 e. The zero-order valence-electron chi connectivity index (χ0n) is 9.09. The van der Waals surface area contributed by atoms with Crippen LogP contribution in [0, 0.1) is 0 Å². The van der Waals surface area contributed by atoms with Crippen molar-refractivity contribution in [2.75, 3.05) is 25.9 Å². The highest BCUT2D eigenvalue weighted by molar-refractivity contribution is 5.92. The van der Waals surface area contributed by atoms with Crippen LogP contribution >= 0.6 is 0 Å². The molecule has 1 fully saturated rings. The molecular formula is C10H14N4O2. The van der Waals surface area contributed by atoms with Gasteiger partial charge in [0.1, 0.15) is 11.5 Å². The van der Waals surface area contributed by atoms with Crippen LogP contribution in [0.1, 0.15) is 16.9 Å². The molecule has 0 radical (unpaired) electrons. The number of nitrogen functional groups attached to an aromatic ring is 1. The molecular weight excluding hydrogens is 208 g/mol. The second-order valence-corrected chi connectivity index (χ2v) is 3.72. The number of carbonyl (C=O) groups excluding carboxylic acids is 1. The van der Waals surface area contributed by atoms with Gasteiger partial charge in [0.2, 0.25) is 0 Å². The molecule has 1 aromatic rings. The Morgan fingerprint density at radius 2 is 2.38 bits per heavy atom. The van der Waals surface area contributed by atoms with Gasteiger partial charge in [0.25, 0.3) is 5.91 Å². The fourth-order valence-electron chi connectivity index (χ4n) is 1.72. The number of hydrogen-bond acceptors (Lipinski definition) is 5. The predicted octanol–water partition coefficient (Wildman–Crippen LogP) is -0.0803. The van der Waals surface area contributed by atoms with Gasteiger partial charge in [-0.05, 0) is 6.42 Å². The maximum absolute atomic E-state index is 11.9. The third-order valence-corrected chi connectivity index (χ3v) is 2.66. The topological polar surface area (TPSA) is 81.3 Å². The number of nitrogens with zero attached hydrogens (tertiary/aromatic N) is 3. The number of methoxy groups -OCH3 is 1. The van der Waals surface area contributed by atoms with Crippen molar-refractivity contribution in [1.82, 2.24) is 14.9 Å². The van der Waals surface area contributed by atoms with Gasteiger partial charge >= 0.3 is 0 Å². The second-order valence-electron chi connectivity index (χ2n) is 3.72. The summed E-state index contributed by atoms with van der Waals surface area (Å²) in [4.78, 5) is 21.5. The van der Waals surface area contributed by atoms with Crippen molar-refractivity contribution >= 4 is 11.7 Å². The van der Waals surface area contributed by atoms with Gasteiger partial charge in [0.15, 0.2) is 0 Å². The van der Waals surface area contributed by atoms with E-state index in [9.17, 15) is 4.79 Å². The number of rotatable bonds is 2. The third-order valence-electron chi connectivity index (χ3n) is 2.66. The van der Waals surface area contributed by atoms with Crippen molar-refractivity contribution in [3.05, 3.63) is 18.1 Å². The molecule has 0 spiro atoms. The summed E-state index contributed by atoms with van der Waals surface area (Å²) in [5.41, 5.74) is 5.73. The predicted molar refractivity (Wildman–Crippen MR) is 57.8 cm³/mol. The van der Waals surface area contributed by atoms with Crippen LogP contribution in [0.2, 0.25) is 0 Å². The van der Waals surface area contributed by atoms with E-state index in [-0.39, 0.29) is 12.0 Å². The van der Waals surface area contributed by atoms with E-state index in [0.29, 0.717) is 24.6 Å². The molecule has 2 N–H and O–H groups in total. The molecule has 1 unspecified atom stereocenters. The minimum Gasteiger partial charge on any atom is -0.382 e. The molecule has 1 amide bonds. The summed E-state index contributed by atoms with van der Waals surface area (Å²) in [6.07, 6.45) is 3.78. The number of anilines is 1. The standard InChI is InChI=1S/C10H14N4O2/c1-16-7-2-3-14(6-7)10(15)8-4-13-9(11)5-12-8/h4-5,7H,2-3,6H2,1H3,(H2,11,13). The van der Waals surface area contributed by atoms with Crippen molar-refractivity contribution in [3.8, 4) is 0 Å². The minimum atomic E-state index is -0.118. The normalized spacial score (nSPS) is 20.1. The van der Waals surface area contributed by atoms with Gasteiger partial charge in [-0.15, -0.1) is 0 Å². The molecule has 6 nitrogen and oxygen atoms in total. The average molecular weight is 222 g/mol. The Bertz CT molecular complexity index is 379. The van der Waals surface area contributed by atoms with E-state index >= 15 is 0 Å². The van der Waals surface area contributed by atoms with E-state index in [0.717, 1.165) is 6.42 Å². The molecule has 16 heavy (non-hydrogen) atoms. The Labute approximate surface area is 93.4 Å². The quantitative estimate of drug-likeness (QED) is 0.756. The zero-order chi connectivity index (χ0) is 11.5. The number of carbonyl (C=O) groups is 1. The number of ether oxygens (including phenoxy) is 1. The molecule has 86 valence electrons. The molecule has 2 rings (SSSR count). The van der Waals surface area contributed by atoms with Crippen LogP contribution < -0.4 is 5.73 Å². The number of nitrogens with two attached hydrogens (primary N) is 1. The van der Waals surface area contributed by atoms with E-state index in [1.807, 2.05) is 0 Å². The first-order valence-corrected chi connectivity index (χ1v) is 5.10. The Kier molecular flexibility index (Phi) is 3.00. The van der Waals surface area contributed by atoms with Gasteiger partial charge in [0, 0.05) is 20.2 Å². The van der Waals surface area contributed by atoms with Crippen molar-refractivity contribution in [1.29, 1.82) is 0 Å². The molecule has 1 saturated heterocycles.